The molecule has 2 rings (SSSR count). The van der Waals surface area contributed by atoms with E-state index in [-0.39, 0.29) is 10.8 Å². The summed E-state index contributed by atoms with van der Waals surface area (Å²) in [6.45, 7) is 4.21. The van der Waals surface area contributed by atoms with Gasteiger partial charge < -0.3 is 5.32 Å². The van der Waals surface area contributed by atoms with Gasteiger partial charge in [0.25, 0.3) is 0 Å². The number of aryl methyl sites for hydroxylation is 2. The number of nitrogens with one attached hydrogen (secondary N) is 2. The van der Waals surface area contributed by atoms with Gasteiger partial charge in [0, 0.05) is 23.7 Å². The largest absolute Gasteiger partial charge is 0.326 e. The Hall–Kier alpha value is -1.89. The first-order valence-electron chi connectivity index (χ1n) is 8.46. The first-order valence-corrected chi connectivity index (χ1v) is 10.3. The van der Waals surface area contributed by atoms with Crippen LogP contribution in [0.4, 0.5) is 5.69 Å². The van der Waals surface area contributed by atoms with Crippen LogP contribution in [0, 0.1) is 6.92 Å². The zero-order chi connectivity index (χ0) is 19.2. The second-order valence-electron chi connectivity index (χ2n) is 6.05. The number of anilines is 1. The summed E-state index contributed by atoms with van der Waals surface area (Å²) in [5, 5.41) is 3.42. The van der Waals surface area contributed by atoms with Crippen molar-refractivity contribution in [3.05, 3.63) is 58.6 Å². The van der Waals surface area contributed by atoms with Crippen LogP contribution in [-0.2, 0) is 21.2 Å². The number of hydrogen-bond acceptors (Lipinski definition) is 3. The highest BCUT2D eigenvalue weighted by atomic mass is 35.5. The van der Waals surface area contributed by atoms with Crippen LogP contribution in [0.1, 0.15) is 30.9 Å². The average Bonchev–Trinajstić information content (AvgIpc) is 2.62. The van der Waals surface area contributed by atoms with Gasteiger partial charge in [0.15, 0.2) is 0 Å². The summed E-state index contributed by atoms with van der Waals surface area (Å²) < 4.78 is 26.6. The first-order chi connectivity index (χ1) is 12.3. The number of rotatable bonds is 8. The van der Waals surface area contributed by atoms with Gasteiger partial charge in [-0.1, -0.05) is 36.7 Å². The maximum Gasteiger partial charge on any atom is 0.240 e. The fourth-order valence-electron chi connectivity index (χ4n) is 2.31. The lowest BCUT2D eigenvalue weighted by atomic mass is 10.1. The van der Waals surface area contributed by atoms with Gasteiger partial charge in [-0.2, -0.15) is 0 Å². The Kier molecular flexibility index (Phi) is 7.20. The van der Waals surface area contributed by atoms with Crippen LogP contribution in [-0.4, -0.2) is 20.9 Å². The van der Waals surface area contributed by atoms with E-state index in [4.69, 9.17) is 11.6 Å². The molecule has 5 nitrogen and oxygen atoms in total. The molecule has 2 aromatic carbocycles. The molecule has 0 aliphatic heterocycles. The van der Waals surface area contributed by atoms with E-state index in [0.717, 1.165) is 17.5 Å². The smallest absolute Gasteiger partial charge is 0.240 e. The van der Waals surface area contributed by atoms with Crippen molar-refractivity contribution in [2.45, 2.75) is 38.0 Å². The molecule has 0 fully saturated rings. The molecule has 2 aromatic rings. The third-order valence-electron chi connectivity index (χ3n) is 3.87. The lowest BCUT2D eigenvalue weighted by Gasteiger charge is -2.08. The molecule has 0 radical (unpaired) electrons. The van der Waals surface area contributed by atoms with Crippen molar-refractivity contribution in [3.63, 3.8) is 0 Å². The van der Waals surface area contributed by atoms with Gasteiger partial charge in [-0.3, -0.25) is 4.79 Å². The molecule has 0 aliphatic rings. The highest BCUT2D eigenvalue weighted by Gasteiger charge is 2.12. The Bertz CT molecular complexity index is 865. The number of hydrogen-bond donors (Lipinski definition) is 2. The van der Waals surface area contributed by atoms with Crippen molar-refractivity contribution in [2.75, 3.05) is 11.9 Å². The van der Waals surface area contributed by atoms with Gasteiger partial charge in [-0.15, -0.1) is 0 Å². The molecule has 0 atom stereocenters. The van der Waals surface area contributed by atoms with Crippen LogP contribution in [0.25, 0.3) is 0 Å². The fraction of sp³-hybridized carbons (Fsp3) is 0.316. The molecule has 0 saturated heterocycles. The molecular formula is C19H23ClN2O3S. The van der Waals surface area contributed by atoms with Crippen LogP contribution in [0.2, 0.25) is 5.02 Å². The van der Waals surface area contributed by atoms with Crippen LogP contribution in [0.3, 0.4) is 0 Å². The number of amides is 1. The molecule has 0 bridgehead atoms. The Morgan fingerprint density at radius 3 is 2.42 bits per heavy atom. The molecule has 2 N–H and O–H groups in total. The van der Waals surface area contributed by atoms with Crippen LogP contribution in [0.5, 0.6) is 0 Å². The normalized spacial score (nSPS) is 11.3. The maximum absolute atomic E-state index is 12.1. The monoisotopic (exact) mass is 394 g/mol. The maximum atomic E-state index is 12.1. The predicted octanol–water partition coefficient (Wildman–Crippen LogP) is 3.91. The van der Waals surface area contributed by atoms with Gasteiger partial charge in [0.05, 0.1) is 4.90 Å². The van der Waals surface area contributed by atoms with Crippen LogP contribution in [0.15, 0.2) is 47.4 Å². The average molecular weight is 395 g/mol. The summed E-state index contributed by atoms with van der Waals surface area (Å²) in [5.74, 6) is -0.119. The molecule has 1 amide bonds. The number of benzene rings is 2. The summed E-state index contributed by atoms with van der Waals surface area (Å²) >= 11 is 6.05. The van der Waals surface area contributed by atoms with Crippen molar-refractivity contribution in [1.82, 2.24) is 4.72 Å². The summed E-state index contributed by atoms with van der Waals surface area (Å²) in [6, 6.07) is 12.0. The lowest BCUT2D eigenvalue weighted by molar-refractivity contribution is -0.116. The van der Waals surface area contributed by atoms with E-state index < -0.39 is 10.0 Å². The van der Waals surface area contributed by atoms with Crippen LogP contribution >= 0.6 is 11.6 Å². The van der Waals surface area contributed by atoms with Gasteiger partial charge in [-0.05, 0) is 55.2 Å². The molecule has 0 aliphatic carbocycles. The SMILES string of the molecule is CCCNS(=O)(=O)c1ccc(CCC(=O)Nc2ccc(C)c(Cl)c2)cc1. The molecule has 0 unspecified atom stereocenters. The Morgan fingerprint density at radius 1 is 1.12 bits per heavy atom. The third-order valence-corrected chi connectivity index (χ3v) is 5.76. The molecule has 140 valence electrons. The fourth-order valence-corrected chi connectivity index (χ4v) is 3.62. The van der Waals surface area contributed by atoms with E-state index in [1.54, 1.807) is 30.3 Å². The zero-order valence-electron chi connectivity index (χ0n) is 14.9. The van der Waals surface area contributed by atoms with Crippen molar-refractivity contribution in [3.8, 4) is 0 Å². The van der Waals surface area contributed by atoms with Crippen molar-refractivity contribution in [1.29, 1.82) is 0 Å². The Morgan fingerprint density at radius 2 is 1.81 bits per heavy atom. The zero-order valence-corrected chi connectivity index (χ0v) is 16.5. The molecule has 0 heterocycles. The minimum atomic E-state index is -3.46. The minimum absolute atomic E-state index is 0.119. The Balaban J connectivity index is 1.91. The van der Waals surface area contributed by atoms with E-state index in [2.05, 4.69) is 10.0 Å². The number of sulfonamides is 1. The molecular weight excluding hydrogens is 372 g/mol. The van der Waals surface area contributed by atoms with Crippen molar-refractivity contribution >= 4 is 33.2 Å². The van der Waals surface area contributed by atoms with E-state index in [1.165, 1.54) is 0 Å². The molecule has 26 heavy (non-hydrogen) atoms. The predicted molar refractivity (Wildman–Crippen MR) is 105 cm³/mol. The molecule has 0 saturated carbocycles. The van der Waals surface area contributed by atoms with Crippen LogP contribution < -0.4 is 10.0 Å². The topological polar surface area (TPSA) is 75.3 Å². The minimum Gasteiger partial charge on any atom is -0.326 e. The summed E-state index contributed by atoms with van der Waals surface area (Å²) in [7, 11) is -3.46. The molecule has 7 heteroatoms. The highest BCUT2D eigenvalue weighted by Crippen LogP contribution is 2.20. The number of carbonyl (C=O) groups is 1. The quantitative estimate of drug-likeness (QED) is 0.712. The van der Waals surface area contributed by atoms with E-state index in [1.807, 2.05) is 26.0 Å². The third kappa shape index (κ3) is 5.83. The van der Waals surface area contributed by atoms with Crippen molar-refractivity contribution < 1.29 is 13.2 Å². The van der Waals surface area contributed by atoms with E-state index in [9.17, 15) is 13.2 Å². The van der Waals surface area contributed by atoms with Gasteiger partial charge in [-0.25, -0.2) is 13.1 Å². The second kappa shape index (κ2) is 9.16. The van der Waals surface area contributed by atoms with E-state index in [0.29, 0.717) is 30.1 Å². The standard InChI is InChI=1S/C19H23ClN2O3S/c1-3-12-21-26(24,25)17-9-5-15(6-10-17)7-11-19(23)22-16-8-4-14(2)18(20)13-16/h4-6,8-10,13,21H,3,7,11-12H2,1-2H3,(H,22,23). The second-order valence-corrected chi connectivity index (χ2v) is 8.23. The highest BCUT2D eigenvalue weighted by molar-refractivity contribution is 7.89. The summed E-state index contributed by atoms with van der Waals surface area (Å²) in [4.78, 5) is 12.3. The van der Waals surface area contributed by atoms with Gasteiger partial charge in [0.1, 0.15) is 0 Å². The number of halogens is 1. The number of carbonyl (C=O) groups excluding carboxylic acids is 1. The Labute approximate surface area is 159 Å². The van der Waals surface area contributed by atoms with Gasteiger partial charge in [0.2, 0.25) is 15.9 Å². The molecule has 0 aromatic heterocycles. The summed E-state index contributed by atoms with van der Waals surface area (Å²) in [6.07, 6.45) is 1.55. The first kappa shape index (κ1) is 20.4. The molecule has 0 spiro atoms. The van der Waals surface area contributed by atoms with E-state index >= 15 is 0 Å². The summed E-state index contributed by atoms with van der Waals surface area (Å²) in [5.41, 5.74) is 2.51. The van der Waals surface area contributed by atoms with Gasteiger partial charge >= 0.3 is 0 Å². The van der Waals surface area contributed by atoms with Crippen molar-refractivity contribution in [2.24, 2.45) is 0 Å². The lowest BCUT2D eigenvalue weighted by Crippen LogP contribution is -2.24.